The Morgan fingerprint density at radius 3 is 2.47 bits per heavy atom. The molecule has 0 bridgehead atoms. The normalized spacial score (nSPS) is 12.5. The summed E-state index contributed by atoms with van der Waals surface area (Å²) in [5.41, 5.74) is 3.65. The van der Waals surface area contributed by atoms with E-state index in [-0.39, 0.29) is 24.8 Å². The molecule has 0 spiro atoms. The fourth-order valence-electron chi connectivity index (χ4n) is 1.48. The number of hydrogen-bond donors (Lipinski definition) is 0. The molecule has 1 nitrogen and oxygen atoms in total. The molecule has 0 radical (unpaired) electrons. The van der Waals surface area contributed by atoms with E-state index in [1.54, 1.807) is 0 Å². The molecular formula is C11H9Cl2NV. The maximum absolute atomic E-state index is 4.18. The summed E-state index contributed by atoms with van der Waals surface area (Å²) >= 11 is 2.27. The van der Waals surface area contributed by atoms with Gasteiger partial charge in [0.05, 0.1) is 0 Å². The van der Waals surface area contributed by atoms with E-state index in [4.69, 9.17) is 0 Å². The van der Waals surface area contributed by atoms with Crippen LogP contribution in [-0.2, 0) is 17.2 Å². The molecule has 0 unspecified atom stereocenters. The van der Waals surface area contributed by atoms with Gasteiger partial charge < -0.3 is 24.8 Å². The third-order valence-electron chi connectivity index (χ3n) is 2.13. The first kappa shape index (κ1) is 14.7. The van der Waals surface area contributed by atoms with Crippen molar-refractivity contribution in [2.24, 2.45) is 3.79 Å². The van der Waals surface area contributed by atoms with Crippen LogP contribution in [0.25, 0.3) is 5.57 Å². The average molecular weight is 277 g/mol. The molecule has 0 fully saturated rings. The number of rotatable bonds is 2. The van der Waals surface area contributed by atoms with Crippen LogP contribution in [0.1, 0.15) is 12.0 Å². The van der Waals surface area contributed by atoms with Gasteiger partial charge in [0.25, 0.3) is 0 Å². The van der Waals surface area contributed by atoms with Gasteiger partial charge in [0.1, 0.15) is 0 Å². The summed E-state index contributed by atoms with van der Waals surface area (Å²) in [6.45, 7) is 0. The van der Waals surface area contributed by atoms with Gasteiger partial charge in [-0.05, 0) is 0 Å². The Labute approximate surface area is 111 Å². The molecule has 1 aromatic rings. The van der Waals surface area contributed by atoms with Crippen molar-refractivity contribution in [3.8, 4) is 0 Å². The van der Waals surface area contributed by atoms with Crippen molar-refractivity contribution in [2.75, 3.05) is 0 Å². The fraction of sp³-hybridized carbons (Fsp3) is 0.0909. The summed E-state index contributed by atoms with van der Waals surface area (Å²) in [5, 5.41) is 0. The van der Waals surface area contributed by atoms with Crippen molar-refractivity contribution in [1.29, 1.82) is 0 Å². The molecule has 1 aliphatic carbocycles. The molecule has 0 amide bonds. The van der Waals surface area contributed by atoms with Crippen LogP contribution < -0.4 is 24.8 Å². The third-order valence-corrected chi connectivity index (χ3v) is 2.47. The molecule has 0 saturated carbocycles. The number of halogens is 2. The van der Waals surface area contributed by atoms with Gasteiger partial charge >= 0.3 is 86.8 Å². The summed E-state index contributed by atoms with van der Waals surface area (Å²) in [6.07, 6.45) is 7.43. The molecule has 0 aliphatic heterocycles. The van der Waals surface area contributed by atoms with Crippen molar-refractivity contribution in [3.63, 3.8) is 0 Å². The van der Waals surface area contributed by atoms with E-state index in [2.05, 4.69) is 51.4 Å². The van der Waals surface area contributed by atoms with E-state index in [0.29, 0.717) is 0 Å². The van der Waals surface area contributed by atoms with Gasteiger partial charge in [0.15, 0.2) is 0 Å². The summed E-state index contributed by atoms with van der Waals surface area (Å²) in [4.78, 5) is 0. The van der Waals surface area contributed by atoms with Crippen molar-refractivity contribution < 1.29 is 42.0 Å². The van der Waals surface area contributed by atoms with E-state index >= 15 is 0 Å². The molecule has 1 aliphatic rings. The van der Waals surface area contributed by atoms with E-state index in [1.807, 2.05) is 12.1 Å². The van der Waals surface area contributed by atoms with Crippen LogP contribution in [0.2, 0.25) is 0 Å². The molecule has 2 rings (SSSR count). The molecule has 77 valence electrons. The van der Waals surface area contributed by atoms with Crippen molar-refractivity contribution in [1.82, 2.24) is 0 Å². The Morgan fingerprint density at radius 1 is 1.13 bits per heavy atom. The number of nitrogens with zero attached hydrogens (tertiary/aromatic N) is 1. The molecule has 1 aromatic carbocycles. The predicted molar refractivity (Wildman–Crippen MR) is 50.3 cm³/mol. The summed E-state index contributed by atoms with van der Waals surface area (Å²) in [6, 6.07) is 8.21. The molecule has 0 N–H and O–H groups in total. The number of hydrogen-bond acceptors (Lipinski definition) is 1. The number of allylic oxidation sites excluding steroid dienone is 4. The van der Waals surface area contributed by atoms with Crippen LogP contribution in [0.4, 0.5) is 5.69 Å². The SMILES string of the molecule is [Cl-].[Cl-].[V+2]=[N]c1ccccc1C1=CC=CC1. The van der Waals surface area contributed by atoms with Crippen LogP contribution >= 0.6 is 0 Å². The zero-order valence-electron chi connectivity index (χ0n) is 7.90. The van der Waals surface area contributed by atoms with E-state index in [1.165, 1.54) is 11.1 Å². The van der Waals surface area contributed by atoms with Crippen LogP contribution in [0.3, 0.4) is 0 Å². The third kappa shape index (κ3) is 3.32. The van der Waals surface area contributed by atoms with E-state index < -0.39 is 0 Å². The Balaban J connectivity index is 0.000000980. The second kappa shape index (κ2) is 7.02. The maximum atomic E-state index is 4.18. The Morgan fingerprint density at radius 2 is 1.87 bits per heavy atom. The quantitative estimate of drug-likeness (QED) is 0.562. The number of benzene rings is 1. The second-order valence-electron chi connectivity index (χ2n) is 2.94. The van der Waals surface area contributed by atoms with Gasteiger partial charge in [0.2, 0.25) is 0 Å². The molecule has 0 aromatic heterocycles. The molecule has 0 heterocycles. The molecule has 0 atom stereocenters. The van der Waals surface area contributed by atoms with E-state index in [0.717, 1.165) is 12.1 Å². The Hall–Kier alpha value is -0.336. The van der Waals surface area contributed by atoms with Gasteiger partial charge in [-0.15, -0.1) is 0 Å². The molecule has 0 saturated heterocycles. The van der Waals surface area contributed by atoms with Gasteiger partial charge in [-0.1, -0.05) is 0 Å². The Bertz CT molecular complexity index is 399. The predicted octanol–water partition coefficient (Wildman–Crippen LogP) is -2.60. The summed E-state index contributed by atoms with van der Waals surface area (Å²) in [7, 11) is 0. The minimum atomic E-state index is 0. The summed E-state index contributed by atoms with van der Waals surface area (Å²) < 4.78 is 4.18. The average Bonchev–Trinajstić information content (AvgIpc) is 2.70. The fourth-order valence-corrected chi connectivity index (χ4v) is 1.75. The van der Waals surface area contributed by atoms with Gasteiger partial charge in [-0.3, -0.25) is 0 Å². The van der Waals surface area contributed by atoms with Crippen molar-refractivity contribution >= 4 is 11.3 Å². The van der Waals surface area contributed by atoms with Crippen LogP contribution in [0, 0.1) is 0 Å². The van der Waals surface area contributed by atoms with Crippen molar-refractivity contribution in [3.05, 3.63) is 48.1 Å². The monoisotopic (exact) mass is 276 g/mol. The Kier molecular flexibility index (Phi) is 6.87. The summed E-state index contributed by atoms with van der Waals surface area (Å²) in [5.74, 6) is 0. The molecule has 4 heteroatoms. The topological polar surface area (TPSA) is 12.4 Å². The van der Waals surface area contributed by atoms with Crippen LogP contribution in [0.15, 0.2) is 46.3 Å². The molecule has 15 heavy (non-hydrogen) atoms. The zero-order valence-corrected chi connectivity index (χ0v) is 10.8. The second-order valence-corrected chi connectivity index (χ2v) is 3.25. The zero-order chi connectivity index (χ0) is 9.10. The van der Waals surface area contributed by atoms with Crippen molar-refractivity contribution in [2.45, 2.75) is 6.42 Å². The minimum absolute atomic E-state index is 0. The van der Waals surface area contributed by atoms with Gasteiger partial charge in [-0.2, -0.15) is 0 Å². The standard InChI is InChI=1S/C11H9N.2ClH.V/c12-11-8-4-3-7-10(11)9-5-1-2-6-9;;;/h1-5,7-8H,6H2;2*1H;/q;;;+2/p-2. The van der Waals surface area contributed by atoms with Crippen LogP contribution in [0.5, 0.6) is 0 Å². The molecular weight excluding hydrogens is 268 g/mol. The van der Waals surface area contributed by atoms with Gasteiger partial charge in [-0.25, -0.2) is 0 Å². The first-order valence-corrected chi connectivity index (χ1v) is 4.84. The van der Waals surface area contributed by atoms with Gasteiger partial charge in [0, 0.05) is 0 Å². The van der Waals surface area contributed by atoms with Crippen LogP contribution in [-0.4, -0.2) is 0 Å². The first-order valence-electron chi connectivity index (χ1n) is 4.22. The first-order chi connectivity index (χ1) is 6.42. The van der Waals surface area contributed by atoms with E-state index in [9.17, 15) is 0 Å².